The molecule has 8 nitrogen and oxygen atoms in total. The first-order valence-corrected chi connectivity index (χ1v) is 7.18. The van der Waals surface area contributed by atoms with Gasteiger partial charge in [-0.3, -0.25) is 9.59 Å². The summed E-state index contributed by atoms with van der Waals surface area (Å²) < 4.78 is 4.87. The second kappa shape index (κ2) is 5.24. The molecule has 0 spiro atoms. The van der Waals surface area contributed by atoms with E-state index in [1.165, 1.54) is 11.3 Å². The highest BCUT2D eigenvalue weighted by molar-refractivity contribution is 7.15. The molecule has 0 aliphatic carbocycles. The van der Waals surface area contributed by atoms with Gasteiger partial charge in [0.25, 0.3) is 5.91 Å². The predicted octanol–water partition coefficient (Wildman–Crippen LogP) is 0.854. The summed E-state index contributed by atoms with van der Waals surface area (Å²) in [4.78, 5) is 25.6. The summed E-state index contributed by atoms with van der Waals surface area (Å²) in [5.41, 5.74) is 0.270. The van der Waals surface area contributed by atoms with Crippen LogP contribution >= 0.6 is 11.3 Å². The Kier molecular flexibility index (Phi) is 3.42. The van der Waals surface area contributed by atoms with Crippen LogP contribution in [0.25, 0.3) is 0 Å². The van der Waals surface area contributed by atoms with Gasteiger partial charge in [0, 0.05) is 19.2 Å². The Hall–Kier alpha value is -2.29. The fourth-order valence-electron chi connectivity index (χ4n) is 1.99. The molecule has 3 rings (SSSR count). The van der Waals surface area contributed by atoms with Crippen molar-refractivity contribution in [2.24, 2.45) is 5.92 Å². The molecule has 1 N–H and O–H groups in total. The third-order valence-corrected chi connectivity index (χ3v) is 3.90. The van der Waals surface area contributed by atoms with Crippen LogP contribution in [-0.4, -0.2) is 45.2 Å². The molecule has 110 valence electrons. The molecule has 2 amide bonds. The first kappa shape index (κ1) is 13.7. The van der Waals surface area contributed by atoms with Crippen LogP contribution in [0.4, 0.5) is 5.13 Å². The van der Waals surface area contributed by atoms with Crippen LogP contribution < -0.4 is 5.32 Å². The second-order valence-electron chi connectivity index (χ2n) is 4.85. The van der Waals surface area contributed by atoms with E-state index in [-0.39, 0.29) is 23.4 Å². The number of nitrogens with zero attached hydrogens (tertiary/aromatic N) is 4. The summed E-state index contributed by atoms with van der Waals surface area (Å²) in [6, 6.07) is 1.58. The normalized spacial score (nSPS) is 14.9. The van der Waals surface area contributed by atoms with Crippen LogP contribution in [0.2, 0.25) is 0 Å². The van der Waals surface area contributed by atoms with Crippen LogP contribution in [0.1, 0.15) is 21.3 Å². The summed E-state index contributed by atoms with van der Waals surface area (Å²) in [6.45, 7) is 4.28. The van der Waals surface area contributed by atoms with Crippen LogP contribution in [-0.2, 0) is 4.79 Å². The third kappa shape index (κ3) is 2.77. The van der Waals surface area contributed by atoms with Crippen molar-refractivity contribution in [1.82, 2.24) is 20.3 Å². The van der Waals surface area contributed by atoms with Gasteiger partial charge in [-0.05, 0) is 13.8 Å². The maximum atomic E-state index is 12.0. The van der Waals surface area contributed by atoms with Crippen molar-refractivity contribution < 1.29 is 14.1 Å². The number of hydrogen-bond donors (Lipinski definition) is 1. The van der Waals surface area contributed by atoms with Crippen molar-refractivity contribution in [3.63, 3.8) is 0 Å². The number of carbonyl (C=O) groups is 2. The Labute approximate surface area is 124 Å². The van der Waals surface area contributed by atoms with Gasteiger partial charge < -0.3 is 14.7 Å². The minimum Gasteiger partial charge on any atom is -0.361 e. The van der Waals surface area contributed by atoms with Crippen molar-refractivity contribution in [2.45, 2.75) is 13.8 Å². The molecule has 3 heterocycles. The molecule has 0 saturated carbocycles. The zero-order valence-corrected chi connectivity index (χ0v) is 12.3. The van der Waals surface area contributed by atoms with Gasteiger partial charge in [0.15, 0.2) is 5.69 Å². The van der Waals surface area contributed by atoms with Gasteiger partial charge in [-0.1, -0.05) is 16.5 Å². The van der Waals surface area contributed by atoms with Gasteiger partial charge in [0.1, 0.15) is 10.8 Å². The van der Waals surface area contributed by atoms with E-state index in [4.69, 9.17) is 4.52 Å². The lowest BCUT2D eigenvalue weighted by Gasteiger charge is -2.37. The minimum atomic E-state index is -0.230. The predicted molar refractivity (Wildman–Crippen MR) is 73.9 cm³/mol. The quantitative estimate of drug-likeness (QED) is 0.902. The zero-order chi connectivity index (χ0) is 15.0. The summed E-state index contributed by atoms with van der Waals surface area (Å²) >= 11 is 1.32. The molecule has 1 fully saturated rings. The highest BCUT2D eigenvalue weighted by atomic mass is 32.1. The smallest absolute Gasteiger partial charge is 0.276 e. The minimum absolute atomic E-state index is 0.147. The molecule has 0 atom stereocenters. The molecule has 0 unspecified atom stereocenters. The molecule has 9 heteroatoms. The Morgan fingerprint density at radius 1 is 1.38 bits per heavy atom. The van der Waals surface area contributed by atoms with E-state index in [1.54, 1.807) is 17.9 Å². The van der Waals surface area contributed by atoms with E-state index in [0.29, 0.717) is 24.0 Å². The van der Waals surface area contributed by atoms with Gasteiger partial charge in [-0.2, -0.15) is 0 Å². The average molecular weight is 307 g/mol. The molecule has 1 saturated heterocycles. The number of hydrogen-bond acceptors (Lipinski definition) is 7. The largest absolute Gasteiger partial charge is 0.361 e. The van der Waals surface area contributed by atoms with Gasteiger partial charge in [0.2, 0.25) is 11.0 Å². The number of nitrogens with one attached hydrogen (secondary N) is 1. The van der Waals surface area contributed by atoms with Crippen molar-refractivity contribution in [1.29, 1.82) is 0 Å². The first-order chi connectivity index (χ1) is 10.0. The molecule has 0 radical (unpaired) electrons. The number of aromatic nitrogens is 3. The molecule has 1 aliphatic rings. The van der Waals surface area contributed by atoms with Crippen molar-refractivity contribution in [3.8, 4) is 0 Å². The third-order valence-electron chi connectivity index (χ3n) is 3.14. The highest BCUT2D eigenvalue weighted by Gasteiger charge is 2.37. The number of anilines is 1. The molecular formula is C12H13N5O3S. The SMILES string of the molecule is Cc1cc(C(=O)N2CC(C(=O)Nc3nnc(C)s3)C2)no1. The monoisotopic (exact) mass is 307 g/mol. The fourth-order valence-corrected chi connectivity index (χ4v) is 2.59. The lowest BCUT2D eigenvalue weighted by molar-refractivity contribution is -0.123. The average Bonchev–Trinajstić information content (AvgIpc) is 2.96. The zero-order valence-electron chi connectivity index (χ0n) is 11.5. The molecule has 0 aromatic carbocycles. The number of likely N-dealkylation sites (tertiary alicyclic amines) is 1. The van der Waals surface area contributed by atoms with Crippen molar-refractivity contribution in [3.05, 3.63) is 22.5 Å². The van der Waals surface area contributed by atoms with E-state index in [2.05, 4.69) is 20.7 Å². The summed E-state index contributed by atoms with van der Waals surface area (Å²) in [7, 11) is 0. The van der Waals surface area contributed by atoms with Crippen LogP contribution in [0.3, 0.4) is 0 Å². The molecule has 21 heavy (non-hydrogen) atoms. The number of amides is 2. The summed E-state index contributed by atoms with van der Waals surface area (Å²) in [5.74, 6) is -0.0137. The molecule has 0 bridgehead atoms. The Morgan fingerprint density at radius 3 is 2.71 bits per heavy atom. The maximum Gasteiger partial charge on any atom is 0.276 e. The van der Waals surface area contributed by atoms with E-state index in [1.807, 2.05) is 6.92 Å². The van der Waals surface area contributed by atoms with Gasteiger partial charge in [0.05, 0.1) is 5.92 Å². The first-order valence-electron chi connectivity index (χ1n) is 6.36. The van der Waals surface area contributed by atoms with Crippen LogP contribution in [0.15, 0.2) is 10.6 Å². The Balaban J connectivity index is 1.53. The molecule has 2 aromatic rings. The van der Waals surface area contributed by atoms with E-state index in [9.17, 15) is 9.59 Å². The second-order valence-corrected chi connectivity index (χ2v) is 6.03. The van der Waals surface area contributed by atoms with Gasteiger partial charge in [-0.15, -0.1) is 10.2 Å². The Bertz CT molecular complexity index is 689. The van der Waals surface area contributed by atoms with E-state index in [0.717, 1.165) is 5.01 Å². The van der Waals surface area contributed by atoms with E-state index >= 15 is 0 Å². The van der Waals surface area contributed by atoms with Crippen LogP contribution in [0, 0.1) is 19.8 Å². The number of rotatable bonds is 3. The lowest BCUT2D eigenvalue weighted by Crippen LogP contribution is -2.54. The number of aryl methyl sites for hydroxylation is 2. The van der Waals surface area contributed by atoms with Crippen molar-refractivity contribution in [2.75, 3.05) is 18.4 Å². The maximum absolute atomic E-state index is 12.0. The molecule has 2 aromatic heterocycles. The topological polar surface area (TPSA) is 101 Å². The van der Waals surface area contributed by atoms with E-state index < -0.39 is 0 Å². The summed E-state index contributed by atoms with van der Waals surface area (Å²) in [5, 5.41) is 15.3. The van der Waals surface area contributed by atoms with Crippen LogP contribution in [0.5, 0.6) is 0 Å². The standard InChI is InChI=1S/C12H13N5O3S/c1-6-3-9(16-20-6)11(19)17-4-8(5-17)10(18)13-12-15-14-7(2)21-12/h3,8H,4-5H2,1-2H3,(H,13,15,18). The highest BCUT2D eigenvalue weighted by Crippen LogP contribution is 2.21. The molecule has 1 aliphatic heterocycles. The lowest BCUT2D eigenvalue weighted by atomic mass is 9.99. The molecular weight excluding hydrogens is 294 g/mol. The van der Waals surface area contributed by atoms with Gasteiger partial charge >= 0.3 is 0 Å². The Morgan fingerprint density at radius 2 is 2.14 bits per heavy atom. The van der Waals surface area contributed by atoms with Gasteiger partial charge in [-0.25, -0.2) is 0 Å². The fraction of sp³-hybridized carbons (Fsp3) is 0.417. The van der Waals surface area contributed by atoms with Crippen molar-refractivity contribution >= 4 is 28.3 Å². The summed E-state index contributed by atoms with van der Waals surface area (Å²) in [6.07, 6.45) is 0. The number of carbonyl (C=O) groups excluding carboxylic acids is 2.